The summed E-state index contributed by atoms with van der Waals surface area (Å²) in [5.41, 5.74) is 0.979. The van der Waals surface area contributed by atoms with Gasteiger partial charge in [-0.3, -0.25) is 14.9 Å². The third kappa shape index (κ3) is 4.84. The van der Waals surface area contributed by atoms with E-state index in [0.29, 0.717) is 28.5 Å². The van der Waals surface area contributed by atoms with E-state index in [1.54, 1.807) is 31.2 Å². The summed E-state index contributed by atoms with van der Waals surface area (Å²) in [6, 6.07) is 9.18. The number of nitro groups is 1. The summed E-state index contributed by atoms with van der Waals surface area (Å²) in [4.78, 5) is 22.4. The minimum Gasteiger partial charge on any atom is -0.496 e. The number of hydrogen-bond acceptors (Lipinski definition) is 6. The number of amides is 1. The van der Waals surface area contributed by atoms with Gasteiger partial charge in [-0.15, -0.1) is 0 Å². The number of aryl methyl sites for hydroxylation is 1. The van der Waals surface area contributed by atoms with Crippen LogP contribution in [0, 0.1) is 17.0 Å². The van der Waals surface area contributed by atoms with E-state index in [1.807, 2.05) is 0 Å². The van der Waals surface area contributed by atoms with E-state index in [2.05, 4.69) is 5.32 Å². The van der Waals surface area contributed by atoms with Crippen LogP contribution in [0.5, 0.6) is 17.2 Å². The first-order valence-corrected chi connectivity index (χ1v) is 7.33. The van der Waals surface area contributed by atoms with Gasteiger partial charge < -0.3 is 19.5 Å². The molecule has 8 nitrogen and oxygen atoms in total. The maximum absolute atomic E-state index is 12.1. The van der Waals surface area contributed by atoms with E-state index in [4.69, 9.17) is 14.2 Å². The van der Waals surface area contributed by atoms with Crippen molar-refractivity contribution in [2.45, 2.75) is 6.92 Å². The second-order valence-corrected chi connectivity index (χ2v) is 5.14. The Labute approximate surface area is 144 Å². The van der Waals surface area contributed by atoms with Crippen LogP contribution in [0.4, 0.5) is 11.4 Å². The van der Waals surface area contributed by atoms with Crippen molar-refractivity contribution in [1.82, 2.24) is 0 Å². The fraction of sp³-hybridized carbons (Fsp3) is 0.235. The van der Waals surface area contributed by atoms with E-state index in [1.165, 1.54) is 26.4 Å². The molecule has 0 bridgehead atoms. The van der Waals surface area contributed by atoms with E-state index in [-0.39, 0.29) is 12.3 Å². The SMILES string of the molecule is COc1cc(OC)cc(OCC(=O)Nc2cc([N+](=O)[O-])ccc2C)c1. The first kappa shape index (κ1) is 18.1. The zero-order chi connectivity index (χ0) is 18.4. The zero-order valence-electron chi connectivity index (χ0n) is 14.1. The quantitative estimate of drug-likeness (QED) is 0.611. The Morgan fingerprint density at radius 3 is 2.24 bits per heavy atom. The van der Waals surface area contributed by atoms with Crippen LogP contribution in [0.3, 0.4) is 0 Å². The molecule has 0 heterocycles. The molecule has 0 aliphatic rings. The monoisotopic (exact) mass is 346 g/mol. The molecule has 0 aliphatic heterocycles. The lowest BCUT2D eigenvalue weighted by Crippen LogP contribution is -2.20. The molecule has 132 valence electrons. The first-order chi connectivity index (χ1) is 11.9. The van der Waals surface area contributed by atoms with Gasteiger partial charge in [-0.25, -0.2) is 0 Å². The predicted octanol–water partition coefficient (Wildman–Crippen LogP) is 2.94. The molecule has 1 amide bonds. The fourth-order valence-corrected chi connectivity index (χ4v) is 2.06. The predicted molar refractivity (Wildman–Crippen MR) is 91.5 cm³/mol. The minimum atomic E-state index is -0.520. The largest absolute Gasteiger partial charge is 0.496 e. The van der Waals surface area contributed by atoms with Crippen molar-refractivity contribution in [3.05, 3.63) is 52.1 Å². The molecule has 25 heavy (non-hydrogen) atoms. The average molecular weight is 346 g/mol. The Morgan fingerprint density at radius 1 is 1.08 bits per heavy atom. The number of benzene rings is 2. The molecular formula is C17H18N2O6. The average Bonchev–Trinajstić information content (AvgIpc) is 2.61. The maximum Gasteiger partial charge on any atom is 0.271 e. The second-order valence-electron chi connectivity index (χ2n) is 5.14. The van der Waals surface area contributed by atoms with Crippen molar-refractivity contribution >= 4 is 17.3 Å². The molecule has 2 aromatic carbocycles. The summed E-state index contributed by atoms with van der Waals surface area (Å²) in [5.74, 6) is 1.03. The highest BCUT2D eigenvalue weighted by atomic mass is 16.6. The number of methoxy groups -OCH3 is 2. The van der Waals surface area contributed by atoms with E-state index in [0.717, 1.165) is 0 Å². The van der Waals surface area contributed by atoms with Crippen LogP contribution in [-0.4, -0.2) is 31.7 Å². The van der Waals surface area contributed by atoms with Gasteiger partial charge in [-0.05, 0) is 12.5 Å². The lowest BCUT2D eigenvalue weighted by molar-refractivity contribution is -0.384. The smallest absolute Gasteiger partial charge is 0.271 e. The van der Waals surface area contributed by atoms with E-state index < -0.39 is 10.8 Å². The summed E-state index contributed by atoms with van der Waals surface area (Å²) >= 11 is 0. The van der Waals surface area contributed by atoms with Crippen LogP contribution in [0.2, 0.25) is 0 Å². The molecular weight excluding hydrogens is 328 g/mol. The number of nitrogens with zero attached hydrogens (tertiary/aromatic N) is 1. The van der Waals surface area contributed by atoms with Crippen molar-refractivity contribution in [2.75, 3.05) is 26.1 Å². The second kappa shape index (κ2) is 8.00. The van der Waals surface area contributed by atoms with Gasteiger partial charge in [0.05, 0.1) is 24.8 Å². The minimum absolute atomic E-state index is 0.0978. The summed E-state index contributed by atoms with van der Waals surface area (Å²) in [5, 5.41) is 13.4. The van der Waals surface area contributed by atoms with Crippen LogP contribution in [0.1, 0.15) is 5.56 Å². The van der Waals surface area contributed by atoms with Gasteiger partial charge in [0.15, 0.2) is 6.61 Å². The molecule has 0 unspecified atom stereocenters. The fourth-order valence-electron chi connectivity index (χ4n) is 2.06. The van der Waals surface area contributed by atoms with Gasteiger partial charge >= 0.3 is 0 Å². The Morgan fingerprint density at radius 2 is 1.68 bits per heavy atom. The number of carbonyl (C=O) groups excluding carboxylic acids is 1. The lowest BCUT2D eigenvalue weighted by atomic mass is 10.2. The third-order valence-corrected chi connectivity index (χ3v) is 3.40. The molecule has 0 aliphatic carbocycles. The van der Waals surface area contributed by atoms with Crippen LogP contribution >= 0.6 is 0 Å². The number of ether oxygens (including phenoxy) is 3. The van der Waals surface area contributed by atoms with E-state index in [9.17, 15) is 14.9 Å². The molecule has 0 saturated carbocycles. The zero-order valence-corrected chi connectivity index (χ0v) is 14.1. The number of non-ortho nitro benzene ring substituents is 1. The molecule has 0 saturated heterocycles. The number of rotatable bonds is 7. The molecule has 0 radical (unpaired) electrons. The Kier molecular flexibility index (Phi) is 5.78. The standard InChI is InChI=1S/C17H18N2O6/c1-11-4-5-12(19(21)22)6-16(11)18-17(20)10-25-15-8-13(23-2)7-14(9-15)24-3/h4-9H,10H2,1-3H3,(H,18,20). The van der Waals surface area contributed by atoms with Crippen LogP contribution in [-0.2, 0) is 4.79 Å². The van der Waals surface area contributed by atoms with Gasteiger partial charge in [0, 0.05) is 30.3 Å². The molecule has 8 heteroatoms. The number of carbonyl (C=O) groups is 1. The van der Waals surface area contributed by atoms with Gasteiger partial charge in [-0.1, -0.05) is 6.07 Å². The molecule has 2 aromatic rings. The number of hydrogen-bond donors (Lipinski definition) is 1. The highest BCUT2D eigenvalue weighted by Crippen LogP contribution is 2.27. The molecule has 1 N–H and O–H groups in total. The summed E-state index contributed by atoms with van der Waals surface area (Å²) < 4.78 is 15.7. The molecule has 0 spiro atoms. The topological polar surface area (TPSA) is 99.9 Å². The maximum atomic E-state index is 12.1. The summed E-state index contributed by atoms with van der Waals surface area (Å²) in [7, 11) is 3.02. The number of nitro benzene ring substituents is 1. The summed E-state index contributed by atoms with van der Waals surface area (Å²) in [6.45, 7) is 1.48. The molecule has 0 fully saturated rings. The van der Waals surface area contributed by atoms with Crippen LogP contribution < -0.4 is 19.5 Å². The van der Waals surface area contributed by atoms with Crippen molar-refractivity contribution < 1.29 is 23.9 Å². The van der Waals surface area contributed by atoms with Gasteiger partial charge in [-0.2, -0.15) is 0 Å². The van der Waals surface area contributed by atoms with Crippen molar-refractivity contribution in [3.63, 3.8) is 0 Å². The van der Waals surface area contributed by atoms with Crippen LogP contribution in [0.25, 0.3) is 0 Å². The normalized spacial score (nSPS) is 10.0. The molecule has 0 atom stereocenters. The number of anilines is 1. The van der Waals surface area contributed by atoms with Gasteiger partial charge in [0.25, 0.3) is 11.6 Å². The van der Waals surface area contributed by atoms with Crippen molar-refractivity contribution in [3.8, 4) is 17.2 Å². The van der Waals surface area contributed by atoms with Crippen LogP contribution in [0.15, 0.2) is 36.4 Å². The van der Waals surface area contributed by atoms with Gasteiger partial charge in [0.2, 0.25) is 0 Å². The van der Waals surface area contributed by atoms with E-state index >= 15 is 0 Å². The highest BCUT2D eigenvalue weighted by Gasteiger charge is 2.12. The lowest BCUT2D eigenvalue weighted by Gasteiger charge is -2.11. The van der Waals surface area contributed by atoms with Gasteiger partial charge in [0.1, 0.15) is 17.2 Å². The molecule has 0 aromatic heterocycles. The van der Waals surface area contributed by atoms with Crippen molar-refractivity contribution in [2.24, 2.45) is 0 Å². The Balaban J connectivity index is 2.04. The van der Waals surface area contributed by atoms with Crippen molar-refractivity contribution in [1.29, 1.82) is 0 Å². The summed E-state index contributed by atoms with van der Waals surface area (Å²) in [6.07, 6.45) is 0. The first-order valence-electron chi connectivity index (χ1n) is 7.33. The third-order valence-electron chi connectivity index (χ3n) is 3.40. The molecule has 2 rings (SSSR count). The Hall–Kier alpha value is -3.29. The highest BCUT2D eigenvalue weighted by molar-refractivity contribution is 5.93. The Bertz CT molecular complexity index is 768. The number of nitrogens with one attached hydrogen (secondary N) is 1.